The van der Waals surface area contributed by atoms with Crippen LogP contribution in [-0.2, 0) is 6.54 Å². The van der Waals surface area contributed by atoms with E-state index < -0.39 is 0 Å². The second-order valence-corrected chi connectivity index (χ2v) is 3.37. The molecule has 0 atom stereocenters. The lowest BCUT2D eigenvalue weighted by Gasteiger charge is -1.96. The molecule has 0 N–H and O–H groups in total. The number of halogens is 2. The molecule has 0 aliphatic carbocycles. The van der Waals surface area contributed by atoms with Crippen LogP contribution in [0.3, 0.4) is 0 Å². The van der Waals surface area contributed by atoms with Crippen molar-refractivity contribution < 1.29 is 0 Å². The summed E-state index contributed by atoms with van der Waals surface area (Å²) in [4.78, 5) is 3.25. The highest BCUT2D eigenvalue weighted by molar-refractivity contribution is 9.10. The van der Waals surface area contributed by atoms with E-state index >= 15 is 0 Å². The van der Waals surface area contributed by atoms with Gasteiger partial charge in [0.1, 0.15) is 0 Å². The summed E-state index contributed by atoms with van der Waals surface area (Å²) < 4.78 is 0.941. The molecule has 0 radical (unpaired) electrons. The maximum absolute atomic E-state index is 6.65. The van der Waals surface area contributed by atoms with Gasteiger partial charge in [-0.05, 0) is 18.2 Å². The molecule has 0 aliphatic rings. The van der Waals surface area contributed by atoms with Gasteiger partial charge in [-0.2, -0.15) is 0 Å². The Morgan fingerprint density at radius 3 is 2.82 bits per heavy atom. The van der Waals surface area contributed by atoms with E-state index in [0.29, 0.717) is 11.6 Å². The van der Waals surface area contributed by atoms with E-state index in [0.717, 1.165) is 10.0 Å². The van der Waals surface area contributed by atoms with Gasteiger partial charge in [0.2, 0.25) is 6.54 Å². The van der Waals surface area contributed by atoms with Crippen molar-refractivity contribution in [1.82, 2.24) is 0 Å². The maximum Gasteiger partial charge on any atom is 0.241 e. The molecule has 1 aromatic carbocycles. The number of hydrogen-bond acceptors (Lipinski definition) is 0. The summed E-state index contributed by atoms with van der Waals surface area (Å²) in [5, 5.41) is 0.648. The quantitative estimate of drug-likeness (QED) is 0.650. The van der Waals surface area contributed by atoms with Crippen LogP contribution in [0.1, 0.15) is 5.56 Å². The Morgan fingerprint density at radius 2 is 2.27 bits per heavy atom. The Bertz CT molecular complexity index is 303. The first-order valence-electron chi connectivity index (χ1n) is 3.01. The molecule has 11 heavy (non-hydrogen) atoms. The number of benzene rings is 1. The van der Waals surface area contributed by atoms with Crippen LogP contribution in [0.25, 0.3) is 4.85 Å². The van der Waals surface area contributed by atoms with E-state index in [1.807, 2.05) is 12.1 Å². The van der Waals surface area contributed by atoms with E-state index in [9.17, 15) is 0 Å². The smallest absolute Gasteiger partial charge is 0.241 e. The predicted octanol–water partition coefficient (Wildman–Crippen LogP) is 3.52. The van der Waals surface area contributed by atoms with Crippen molar-refractivity contribution in [2.45, 2.75) is 6.54 Å². The van der Waals surface area contributed by atoms with E-state index in [-0.39, 0.29) is 0 Å². The average molecular weight is 230 g/mol. The first-order chi connectivity index (χ1) is 5.24. The summed E-state index contributed by atoms with van der Waals surface area (Å²) in [6.45, 7) is 7.00. The van der Waals surface area contributed by atoms with Gasteiger partial charge in [0.05, 0.1) is 5.02 Å². The third-order valence-corrected chi connectivity index (χ3v) is 2.11. The minimum absolute atomic E-state index is 0.353. The fourth-order valence-electron chi connectivity index (χ4n) is 0.735. The number of nitrogens with zero attached hydrogens (tertiary/aromatic N) is 1. The standard InChI is InChI=1S/C8H5BrClN/c1-11-5-6-2-3-7(9)4-8(6)10/h2-4H,5H2. The topological polar surface area (TPSA) is 4.36 Å². The summed E-state index contributed by atoms with van der Waals surface area (Å²) in [6.07, 6.45) is 0. The lowest BCUT2D eigenvalue weighted by atomic mass is 10.2. The van der Waals surface area contributed by atoms with Crippen molar-refractivity contribution in [1.29, 1.82) is 0 Å². The number of hydrogen-bond donors (Lipinski definition) is 0. The predicted molar refractivity (Wildman–Crippen MR) is 49.5 cm³/mol. The molecule has 1 rings (SSSR count). The van der Waals surface area contributed by atoms with Crippen LogP contribution in [0.4, 0.5) is 0 Å². The molecule has 0 bridgehead atoms. The molecule has 0 aliphatic heterocycles. The van der Waals surface area contributed by atoms with Crippen molar-refractivity contribution in [2.24, 2.45) is 0 Å². The van der Waals surface area contributed by atoms with E-state index in [1.54, 1.807) is 6.07 Å². The van der Waals surface area contributed by atoms with Crippen molar-refractivity contribution in [3.63, 3.8) is 0 Å². The molecule has 0 saturated carbocycles. The zero-order valence-corrected chi connectivity index (χ0v) is 7.98. The molecular weight excluding hydrogens is 225 g/mol. The second kappa shape index (κ2) is 3.75. The van der Waals surface area contributed by atoms with Crippen LogP contribution in [0.2, 0.25) is 5.02 Å². The summed E-state index contributed by atoms with van der Waals surface area (Å²) in [7, 11) is 0. The van der Waals surface area contributed by atoms with Gasteiger partial charge < -0.3 is 4.85 Å². The lowest BCUT2D eigenvalue weighted by molar-refractivity contribution is 1.26. The van der Waals surface area contributed by atoms with Crippen molar-refractivity contribution in [3.05, 3.63) is 44.7 Å². The molecule has 0 fully saturated rings. The van der Waals surface area contributed by atoms with Crippen molar-refractivity contribution in [3.8, 4) is 0 Å². The Hall–Kier alpha value is -0.520. The maximum atomic E-state index is 6.65. The summed E-state index contributed by atoms with van der Waals surface area (Å²) >= 11 is 9.12. The highest BCUT2D eigenvalue weighted by Gasteiger charge is 2.01. The highest BCUT2D eigenvalue weighted by atomic mass is 79.9. The van der Waals surface area contributed by atoms with Crippen LogP contribution in [0, 0.1) is 6.57 Å². The summed E-state index contributed by atoms with van der Waals surface area (Å²) in [6, 6.07) is 5.53. The van der Waals surface area contributed by atoms with Crippen LogP contribution < -0.4 is 0 Å². The summed E-state index contributed by atoms with van der Waals surface area (Å²) in [5.74, 6) is 0. The molecule has 0 unspecified atom stereocenters. The SMILES string of the molecule is [C-]#[N+]Cc1ccc(Br)cc1Cl. The molecule has 0 heterocycles. The zero-order chi connectivity index (χ0) is 8.27. The lowest BCUT2D eigenvalue weighted by Crippen LogP contribution is -1.80. The second-order valence-electron chi connectivity index (χ2n) is 2.05. The minimum Gasteiger partial charge on any atom is -0.312 e. The van der Waals surface area contributed by atoms with Crippen LogP contribution in [0.5, 0.6) is 0 Å². The average Bonchev–Trinajstić information content (AvgIpc) is 1.95. The van der Waals surface area contributed by atoms with Crippen LogP contribution in [0.15, 0.2) is 22.7 Å². The first-order valence-corrected chi connectivity index (χ1v) is 4.18. The van der Waals surface area contributed by atoms with E-state index in [4.69, 9.17) is 18.2 Å². The molecule has 0 amide bonds. The molecule has 0 aromatic heterocycles. The Labute approximate surface area is 78.9 Å². The summed E-state index contributed by atoms with van der Waals surface area (Å²) in [5.41, 5.74) is 0.880. The molecule has 0 saturated heterocycles. The van der Waals surface area contributed by atoms with Gasteiger partial charge in [-0.25, -0.2) is 6.57 Å². The fourth-order valence-corrected chi connectivity index (χ4v) is 1.47. The Morgan fingerprint density at radius 1 is 1.55 bits per heavy atom. The van der Waals surface area contributed by atoms with Crippen LogP contribution >= 0.6 is 27.5 Å². The molecular formula is C8H5BrClN. The largest absolute Gasteiger partial charge is 0.312 e. The van der Waals surface area contributed by atoms with Crippen molar-refractivity contribution >= 4 is 27.5 Å². The Kier molecular flexibility index (Phi) is 2.92. The van der Waals surface area contributed by atoms with E-state index in [2.05, 4.69) is 20.8 Å². The highest BCUT2D eigenvalue weighted by Crippen LogP contribution is 2.21. The molecule has 56 valence electrons. The van der Waals surface area contributed by atoms with Gasteiger partial charge in [-0.15, -0.1) is 0 Å². The van der Waals surface area contributed by atoms with Crippen molar-refractivity contribution in [2.75, 3.05) is 0 Å². The van der Waals surface area contributed by atoms with Gasteiger partial charge in [-0.3, -0.25) is 0 Å². The van der Waals surface area contributed by atoms with Gasteiger partial charge in [-0.1, -0.05) is 27.5 Å². The van der Waals surface area contributed by atoms with Gasteiger partial charge >= 0.3 is 0 Å². The molecule has 0 spiro atoms. The first kappa shape index (κ1) is 8.58. The third-order valence-electron chi connectivity index (χ3n) is 1.26. The van der Waals surface area contributed by atoms with Gasteiger partial charge in [0, 0.05) is 10.0 Å². The fraction of sp³-hybridized carbons (Fsp3) is 0.125. The van der Waals surface area contributed by atoms with Gasteiger partial charge in [0.25, 0.3) is 0 Å². The zero-order valence-electron chi connectivity index (χ0n) is 5.64. The normalized spacial score (nSPS) is 9.18. The molecule has 3 heteroatoms. The van der Waals surface area contributed by atoms with E-state index in [1.165, 1.54) is 0 Å². The van der Waals surface area contributed by atoms with Crippen LogP contribution in [-0.4, -0.2) is 0 Å². The minimum atomic E-state index is 0.353. The monoisotopic (exact) mass is 229 g/mol. The number of rotatable bonds is 1. The van der Waals surface area contributed by atoms with Gasteiger partial charge in [0.15, 0.2) is 0 Å². The third kappa shape index (κ3) is 2.21. The molecule has 1 nitrogen and oxygen atoms in total. The Balaban J connectivity index is 3.01. The molecule has 1 aromatic rings.